The maximum atomic E-state index is 11.9. The summed E-state index contributed by atoms with van der Waals surface area (Å²) >= 11 is 0. The number of aromatic nitrogens is 2. The third kappa shape index (κ3) is 5.28. The molecule has 1 heterocycles. The molecule has 0 radical (unpaired) electrons. The van der Waals surface area contributed by atoms with Crippen LogP contribution in [0.3, 0.4) is 0 Å². The highest BCUT2D eigenvalue weighted by atomic mass is 16.1. The predicted molar refractivity (Wildman–Crippen MR) is 117 cm³/mol. The third-order valence-electron chi connectivity index (χ3n) is 5.10. The van der Waals surface area contributed by atoms with Gasteiger partial charge in [0.05, 0.1) is 5.69 Å². The average molecular weight is 386 g/mol. The molecule has 0 amide bonds. The first-order valence-electron chi connectivity index (χ1n) is 10.1. The van der Waals surface area contributed by atoms with E-state index in [1.54, 1.807) is 0 Å². The van der Waals surface area contributed by atoms with Crippen LogP contribution in [0.5, 0.6) is 0 Å². The van der Waals surface area contributed by atoms with Crippen molar-refractivity contribution in [2.75, 3.05) is 6.54 Å². The lowest BCUT2D eigenvalue weighted by Crippen LogP contribution is -2.25. The Morgan fingerprint density at radius 3 is 2.69 bits per heavy atom. The standard InChI is InChI=1S/C24H26N4O/c25-16-21-15-23(29)27-24(26-21)20-10-4-8-19(14-20)17-28(22-11-12-22)13-5-9-18-6-2-1-3-7-18/h1-10,14-15,22H,11-13,16-17,25H2,(H,26,27,29)/b9-5+. The summed E-state index contributed by atoms with van der Waals surface area (Å²) in [5.74, 6) is 0.571. The predicted octanol–water partition coefficient (Wildman–Crippen LogP) is 3.57. The Hall–Kier alpha value is -3.02. The summed E-state index contributed by atoms with van der Waals surface area (Å²) in [6.07, 6.45) is 6.93. The van der Waals surface area contributed by atoms with E-state index >= 15 is 0 Å². The van der Waals surface area contributed by atoms with Crippen LogP contribution in [0.15, 0.2) is 71.5 Å². The third-order valence-corrected chi connectivity index (χ3v) is 5.10. The molecule has 3 N–H and O–H groups in total. The molecule has 0 unspecified atom stereocenters. The van der Waals surface area contributed by atoms with E-state index in [2.05, 4.69) is 63.4 Å². The highest BCUT2D eigenvalue weighted by molar-refractivity contribution is 5.56. The highest BCUT2D eigenvalue weighted by Gasteiger charge is 2.28. The smallest absolute Gasteiger partial charge is 0.251 e. The van der Waals surface area contributed by atoms with E-state index in [1.807, 2.05) is 18.2 Å². The lowest BCUT2D eigenvalue weighted by molar-refractivity contribution is 0.284. The summed E-state index contributed by atoms with van der Waals surface area (Å²) in [5.41, 5.74) is 9.43. The number of nitrogens with two attached hydrogens (primary N) is 1. The van der Waals surface area contributed by atoms with Crippen LogP contribution >= 0.6 is 0 Å². The normalized spacial score (nSPS) is 14.0. The van der Waals surface area contributed by atoms with Gasteiger partial charge in [-0.15, -0.1) is 0 Å². The monoisotopic (exact) mass is 386 g/mol. The van der Waals surface area contributed by atoms with Gasteiger partial charge in [0.15, 0.2) is 0 Å². The fraction of sp³-hybridized carbons (Fsp3) is 0.250. The number of nitrogens with one attached hydrogen (secondary N) is 1. The van der Waals surface area contributed by atoms with Crippen molar-refractivity contribution in [1.29, 1.82) is 0 Å². The van der Waals surface area contributed by atoms with Gasteiger partial charge < -0.3 is 10.7 Å². The van der Waals surface area contributed by atoms with Crippen LogP contribution in [0.1, 0.15) is 29.7 Å². The van der Waals surface area contributed by atoms with Crippen molar-refractivity contribution in [2.24, 2.45) is 5.73 Å². The number of aromatic amines is 1. The molecule has 4 rings (SSSR count). The van der Waals surface area contributed by atoms with E-state index in [4.69, 9.17) is 5.73 Å². The second-order valence-corrected chi connectivity index (χ2v) is 7.46. The maximum Gasteiger partial charge on any atom is 0.251 e. The van der Waals surface area contributed by atoms with Crippen LogP contribution < -0.4 is 11.3 Å². The van der Waals surface area contributed by atoms with Crippen LogP contribution in [0, 0.1) is 0 Å². The maximum absolute atomic E-state index is 11.9. The quantitative estimate of drug-likeness (QED) is 0.621. The van der Waals surface area contributed by atoms with Crippen molar-refractivity contribution in [2.45, 2.75) is 32.0 Å². The van der Waals surface area contributed by atoms with Crippen molar-refractivity contribution < 1.29 is 0 Å². The van der Waals surface area contributed by atoms with Gasteiger partial charge in [0.2, 0.25) is 0 Å². The number of hydrogen-bond acceptors (Lipinski definition) is 4. The molecular formula is C24H26N4O. The summed E-state index contributed by atoms with van der Waals surface area (Å²) in [7, 11) is 0. The number of rotatable bonds is 8. The van der Waals surface area contributed by atoms with Gasteiger partial charge in [0.1, 0.15) is 5.82 Å². The molecule has 2 aromatic carbocycles. The van der Waals surface area contributed by atoms with Crippen molar-refractivity contribution in [1.82, 2.24) is 14.9 Å². The number of H-pyrrole nitrogens is 1. The first kappa shape index (κ1) is 19.3. The van der Waals surface area contributed by atoms with Crippen LogP contribution in [0.4, 0.5) is 0 Å². The number of nitrogens with zero attached hydrogens (tertiary/aromatic N) is 2. The Labute approximate surface area is 170 Å². The molecule has 148 valence electrons. The highest BCUT2D eigenvalue weighted by Crippen LogP contribution is 2.29. The van der Waals surface area contributed by atoms with Gasteiger partial charge in [0, 0.05) is 37.3 Å². The van der Waals surface area contributed by atoms with Gasteiger partial charge in [-0.05, 0) is 30.0 Å². The van der Waals surface area contributed by atoms with E-state index in [0.717, 1.165) is 18.7 Å². The van der Waals surface area contributed by atoms with Gasteiger partial charge in [-0.25, -0.2) is 4.98 Å². The molecule has 0 bridgehead atoms. The topological polar surface area (TPSA) is 75.0 Å². The van der Waals surface area contributed by atoms with E-state index in [-0.39, 0.29) is 12.1 Å². The zero-order valence-corrected chi connectivity index (χ0v) is 16.4. The SMILES string of the molecule is NCc1cc(=O)[nH]c(-c2cccc(CN(C/C=C/c3ccccc3)C3CC3)c2)n1. The molecule has 29 heavy (non-hydrogen) atoms. The minimum absolute atomic E-state index is 0.175. The molecule has 0 atom stereocenters. The van der Waals surface area contributed by atoms with Gasteiger partial charge in [-0.2, -0.15) is 0 Å². The summed E-state index contributed by atoms with van der Waals surface area (Å²) < 4.78 is 0. The lowest BCUT2D eigenvalue weighted by Gasteiger charge is -2.20. The summed E-state index contributed by atoms with van der Waals surface area (Å²) in [6, 6.07) is 20.7. The zero-order valence-electron chi connectivity index (χ0n) is 16.4. The molecule has 3 aromatic rings. The summed E-state index contributed by atoms with van der Waals surface area (Å²) in [6.45, 7) is 2.04. The molecule has 1 aromatic heterocycles. The molecule has 5 nitrogen and oxygen atoms in total. The van der Waals surface area contributed by atoms with Gasteiger partial charge in [-0.3, -0.25) is 9.69 Å². The molecule has 5 heteroatoms. The van der Waals surface area contributed by atoms with E-state index in [0.29, 0.717) is 17.6 Å². The zero-order chi connectivity index (χ0) is 20.1. The molecule has 1 saturated carbocycles. The molecular weight excluding hydrogens is 360 g/mol. The Bertz CT molecular complexity index is 1040. The molecule has 0 saturated heterocycles. The van der Waals surface area contributed by atoms with Crippen molar-refractivity contribution >= 4 is 6.08 Å². The average Bonchev–Trinajstić information content (AvgIpc) is 3.59. The second-order valence-electron chi connectivity index (χ2n) is 7.46. The molecule has 1 aliphatic carbocycles. The van der Waals surface area contributed by atoms with Gasteiger partial charge >= 0.3 is 0 Å². The van der Waals surface area contributed by atoms with Crippen molar-refractivity contribution in [3.8, 4) is 11.4 Å². The van der Waals surface area contributed by atoms with Gasteiger partial charge in [-0.1, -0.05) is 60.7 Å². The van der Waals surface area contributed by atoms with Gasteiger partial charge in [0.25, 0.3) is 5.56 Å². The summed E-state index contributed by atoms with van der Waals surface area (Å²) in [5, 5.41) is 0. The van der Waals surface area contributed by atoms with Crippen LogP contribution in [-0.4, -0.2) is 27.5 Å². The molecule has 0 aliphatic heterocycles. The Morgan fingerprint density at radius 1 is 1.10 bits per heavy atom. The van der Waals surface area contributed by atoms with E-state index in [9.17, 15) is 4.79 Å². The molecule has 1 aliphatic rings. The Balaban J connectivity index is 1.49. The largest absolute Gasteiger partial charge is 0.325 e. The fourth-order valence-electron chi connectivity index (χ4n) is 3.47. The summed E-state index contributed by atoms with van der Waals surface area (Å²) in [4.78, 5) is 21.7. The Kier molecular flexibility index (Phi) is 5.98. The Morgan fingerprint density at radius 2 is 1.93 bits per heavy atom. The number of hydrogen-bond donors (Lipinski definition) is 2. The first-order valence-corrected chi connectivity index (χ1v) is 10.1. The van der Waals surface area contributed by atoms with E-state index in [1.165, 1.54) is 30.0 Å². The first-order chi connectivity index (χ1) is 14.2. The van der Waals surface area contributed by atoms with Crippen molar-refractivity contribution in [3.63, 3.8) is 0 Å². The molecule has 1 fully saturated rings. The van der Waals surface area contributed by atoms with Crippen LogP contribution in [0.25, 0.3) is 17.5 Å². The van der Waals surface area contributed by atoms with Crippen LogP contribution in [0.2, 0.25) is 0 Å². The van der Waals surface area contributed by atoms with E-state index < -0.39 is 0 Å². The minimum atomic E-state index is -0.175. The minimum Gasteiger partial charge on any atom is -0.325 e. The lowest BCUT2D eigenvalue weighted by atomic mass is 10.1. The van der Waals surface area contributed by atoms with Crippen LogP contribution in [-0.2, 0) is 13.1 Å². The molecule has 0 spiro atoms. The number of benzene rings is 2. The second kappa shape index (κ2) is 8.99. The fourth-order valence-corrected chi connectivity index (χ4v) is 3.47. The van der Waals surface area contributed by atoms with Crippen molar-refractivity contribution in [3.05, 3.63) is 93.9 Å².